The Morgan fingerprint density at radius 3 is 1.71 bits per heavy atom. The number of ether oxygens (including phenoxy) is 4. The minimum absolute atomic E-state index is 0.0276. The molecule has 2 aromatic heterocycles. The molecule has 2 saturated heterocycles. The first-order valence-corrected chi connectivity index (χ1v) is 25.4. The van der Waals surface area contributed by atoms with Gasteiger partial charge in [-0.3, -0.25) is 14.9 Å². The summed E-state index contributed by atoms with van der Waals surface area (Å²) in [6.45, 7) is 2.14. The number of rotatable bonds is 13. The van der Waals surface area contributed by atoms with Crippen molar-refractivity contribution in [3.63, 3.8) is 0 Å². The molecule has 2 fully saturated rings. The van der Waals surface area contributed by atoms with E-state index in [2.05, 4.69) is 46.5 Å². The highest BCUT2D eigenvalue weighted by Crippen LogP contribution is 2.40. The highest BCUT2D eigenvalue weighted by Gasteiger charge is 2.37. The Labute approximate surface area is 441 Å². The first-order valence-electron chi connectivity index (χ1n) is 21.8. The smallest absolute Gasteiger partial charge is 0.338 e. The first kappa shape index (κ1) is 56.4. The van der Waals surface area contributed by atoms with Gasteiger partial charge >= 0.3 is 23.9 Å². The molecule has 17 nitrogen and oxygen atoms in total. The Hall–Kier alpha value is -5.86. The van der Waals surface area contributed by atoms with Crippen LogP contribution in [0.1, 0.15) is 52.5 Å². The third-order valence-corrected chi connectivity index (χ3v) is 13.8. The molecule has 0 bridgehead atoms. The second-order valence-corrected chi connectivity index (χ2v) is 18.7. The molecule has 0 spiro atoms. The molecule has 0 unspecified atom stereocenters. The number of aromatic nitrogens is 2. The normalized spacial score (nSPS) is 20.2. The zero-order valence-electron chi connectivity index (χ0n) is 38.5. The number of hydrogen-bond donors (Lipinski definition) is 4. The van der Waals surface area contributed by atoms with Crippen LogP contribution in [0.4, 0.5) is 17.6 Å². The summed E-state index contributed by atoms with van der Waals surface area (Å²) in [5.41, 5.74) is 1.36. The molecule has 4 N–H and O–H groups in total. The molecule has 0 amide bonds. The molecule has 2 aromatic carbocycles. The lowest BCUT2D eigenvalue weighted by Gasteiger charge is -2.34. The fourth-order valence-corrected chi connectivity index (χ4v) is 9.62. The second-order valence-electron chi connectivity index (χ2n) is 15.6. The van der Waals surface area contributed by atoms with Crippen LogP contribution in [0.3, 0.4) is 0 Å². The van der Waals surface area contributed by atoms with Crippen LogP contribution in [0.25, 0.3) is 0 Å². The number of carboxylic acid groups (broad SMARTS) is 2. The maximum atomic E-state index is 14.4. The van der Waals surface area contributed by atoms with Crippen molar-refractivity contribution in [3.05, 3.63) is 149 Å². The van der Waals surface area contributed by atoms with Gasteiger partial charge in [-0.25, -0.2) is 46.7 Å². The summed E-state index contributed by atoms with van der Waals surface area (Å²) in [5.74, 6) is -7.29. The molecule has 4 aliphatic rings. The molecule has 4 aromatic rings. The summed E-state index contributed by atoms with van der Waals surface area (Å²) in [6.07, 6.45) is 11.2. The Morgan fingerprint density at radius 1 is 0.767 bits per heavy atom. The molecule has 0 radical (unpaired) electrons. The summed E-state index contributed by atoms with van der Waals surface area (Å²) in [6, 6.07) is 2.38. The number of alkyl halides is 1. The van der Waals surface area contributed by atoms with Crippen LogP contribution in [-0.4, -0.2) is 125 Å². The van der Waals surface area contributed by atoms with E-state index in [4.69, 9.17) is 52.4 Å². The third kappa shape index (κ3) is 14.7. The van der Waals surface area contributed by atoms with E-state index in [1.165, 1.54) is 55.1 Å². The fourth-order valence-electron chi connectivity index (χ4n) is 7.49. The number of benzene rings is 2. The summed E-state index contributed by atoms with van der Waals surface area (Å²) in [7, 11) is 2.43. The van der Waals surface area contributed by atoms with Gasteiger partial charge in [-0.05, 0) is 43.5 Å². The van der Waals surface area contributed by atoms with E-state index >= 15 is 0 Å². The lowest BCUT2D eigenvalue weighted by atomic mass is 9.95. The molecular formula is C47H44BrCl2F4N7O10S2. The van der Waals surface area contributed by atoms with Gasteiger partial charge in [-0.15, -0.1) is 22.7 Å². The molecule has 4 aliphatic heterocycles. The Balaban J connectivity index is 0.000000204. The van der Waals surface area contributed by atoms with E-state index in [9.17, 15) is 36.7 Å². The highest BCUT2D eigenvalue weighted by atomic mass is 79.9. The standard InChI is InChI=1S/C23H21ClF2N4O5S.C16H11BrClF2N3O2S.C8H12O3/c1-34-23(33)17-15(11-30-7-8-35-12(10-30)2-5-16(31)32)28-21(22-27-6-9-36-22)29-20(17)13-3-4-14(25)19(26)18(13)24;1-25-16(24)10-9(6-17)22-14(15-21-4-5-26-15)23-13(10)7-2-3-8(19)12(20)11(7)18;9-8(10)5-4-7-3-1-2-6-11-7/h2-6,9,12,20H,7-8,10-11H2,1H3,(H,28,29)(H,31,32);2-5,13H,6H2,1H3,(H,22,23);4-5,7H,1-3,6H2,(H,9,10)/b5-2+;;5-4+/t12-,20+;13-;7-/m100/s1. The van der Waals surface area contributed by atoms with Crippen LogP contribution in [0.15, 0.2) is 104 Å². The van der Waals surface area contributed by atoms with Crippen molar-refractivity contribution in [3.8, 4) is 0 Å². The van der Waals surface area contributed by atoms with Crippen LogP contribution < -0.4 is 10.6 Å². The largest absolute Gasteiger partial charge is 0.478 e. The number of amidine groups is 2. The summed E-state index contributed by atoms with van der Waals surface area (Å²) in [4.78, 5) is 65.8. The van der Waals surface area contributed by atoms with Crippen LogP contribution >= 0.6 is 61.8 Å². The number of halogens is 7. The lowest BCUT2D eigenvalue weighted by molar-refractivity contribution is -0.137. The first-order chi connectivity index (χ1) is 35.0. The minimum atomic E-state index is -1.24. The molecule has 0 saturated carbocycles. The quantitative estimate of drug-likeness (QED) is 0.0326. The minimum Gasteiger partial charge on any atom is -0.478 e. The molecule has 8 rings (SSSR count). The molecule has 388 valence electrons. The monoisotopic (exact) mass is 1160 g/mol. The molecule has 26 heteroatoms. The zero-order chi connectivity index (χ0) is 52.8. The van der Waals surface area contributed by atoms with Crippen molar-refractivity contribution in [2.75, 3.05) is 52.4 Å². The lowest BCUT2D eigenvalue weighted by Crippen LogP contribution is -2.46. The molecule has 6 heterocycles. The average Bonchev–Trinajstić information content (AvgIpc) is 4.15. The number of aliphatic carboxylic acids is 2. The van der Waals surface area contributed by atoms with Crippen molar-refractivity contribution >= 4 is 97.4 Å². The average molecular weight is 1160 g/mol. The predicted molar refractivity (Wildman–Crippen MR) is 267 cm³/mol. The number of esters is 2. The fraction of sp³-hybridized carbons (Fsp3) is 0.319. The van der Waals surface area contributed by atoms with Crippen molar-refractivity contribution in [2.45, 2.75) is 43.6 Å². The summed E-state index contributed by atoms with van der Waals surface area (Å²) >= 11 is 18.1. The summed E-state index contributed by atoms with van der Waals surface area (Å²) in [5, 5.41) is 27.4. The zero-order valence-corrected chi connectivity index (χ0v) is 43.2. The van der Waals surface area contributed by atoms with Crippen molar-refractivity contribution in [1.29, 1.82) is 0 Å². The van der Waals surface area contributed by atoms with E-state index in [0.29, 0.717) is 52.8 Å². The number of hydrogen-bond acceptors (Lipinski definition) is 17. The number of nitrogens with zero attached hydrogens (tertiary/aromatic N) is 5. The highest BCUT2D eigenvalue weighted by molar-refractivity contribution is 9.09. The van der Waals surface area contributed by atoms with Crippen LogP contribution in [0.5, 0.6) is 0 Å². The second kappa shape index (κ2) is 26.9. The number of morpholine rings is 1. The van der Waals surface area contributed by atoms with E-state index in [1.807, 2.05) is 4.90 Å². The number of carboxylic acids is 2. The summed E-state index contributed by atoms with van der Waals surface area (Å²) < 4.78 is 76.4. The Morgan fingerprint density at radius 2 is 1.26 bits per heavy atom. The Bertz CT molecular complexity index is 2850. The number of methoxy groups -OCH3 is 2. The van der Waals surface area contributed by atoms with Gasteiger partial charge in [0.05, 0.1) is 54.2 Å². The van der Waals surface area contributed by atoms with E-state index in [1.54, 1.807) is 29.2 Å². The van der Waals surface area contributed by atoms with Crippen molar-refractivity contribution in [1.82, 2.24) is 25.5 Å². The van der Waals surface area contributed by atoms with Crippen LogP contribution in [-0.2, 0) is 38.1 Å². The predicted octanol–water partition coefficient (Wildman–Crippen LogP) is 8.12. The number of allylic oxidation sites excluding steroid dienone is 1. The van der Waals surface area contributed by atoms with Gasteiger partial charge in [-0.2, -0.15) is 0 Å². The molecule has 73 heavy (non-hydrogen) atoms. The number of carbonyl (C=O) groups is 4. The van der Waals surface area contributed by atoms with Gasteiger partial charge in [-0.1, -0.05) is 51.3 Å². The van der Waals surface area contributed by atoms with Gasteiger partial charge in [0.25, 0.3) is 0 Å². The van der Waals surface area contributed by atoms with Crippen LogP contribution in [0, 0.1) is 23.3 Å². The van der Waals surface area contributed by atoms with Gasteiger partial charge in [0.15, 0.2) is 45.0 Å². The van der Waals surface area contributed by atoms with Crippen LogP contribution in [0.2, 0.25) is 10.0 Å². The Kier molecular flexibility index (Phi) is 20.8. The van der Waals surface area contributed by atoms with E-state index in [0.717, 1.165) is 50.2 Å². The maximum Gasteiger partial charge on any atom is 0.338 e. The number of carbonyl (C=O) groups excluding carboxylic acids is 2. The van der Waals surface area contributed by atoms with Crippen molar-refractivity contribution in [2.24, 2.45) is 9.98 Å². The number of thiazole rings is 2. The van der Waals surface area contributed by atoms with E-state index in [-0.39, 0.29) is 40.3 Å². The number of aliphatic imine (C=N–C) groups is 2. The molecular weight excluding hydrogens is 1110 g/mol. The molecule has 4 atom stereocenters. The van der Waals surface area contributed by atoms with Gasteiger partial charge in [0.2, 0.25) is 0 Å². The maximum absolute atomic E-state index is 14.4. The van der Waals surface area contributed by atoms with Gasteiger partial charge < -0.3 is 39.8 Å². The number of nitrogens with one attached hydrogen (secondary N) is 2. The van der Waals surface area contributed by atoms with E-state index < -0.39 is 75.4 Å². The van der Waals surface area contributed by atoms with Crippen molar-refractivity contribution < 1.29 is 65.9 Å². The van der Waals surface area contributed by atoms with Gasteiger partial charge in [0, 0.05) is 89.4 Å². The SMILES string of the molecule is COC(=O)C1=C(CBr)NC(c2nccs2)=N[C@H]1c1ccc(F)c(F)c1Cl.COC(=O)C1=C(CN2CCO[C@H](/C=C/C(=O)O)C2)NC(c2nccs2)=N[C@H]1c1ccc(F)c(F)c1Cl.O=C(O)/C=C/[C@@H]1CCCCO1. The van der Waals surface area contributed by atoms with Gasteiger partial charge in [0.1, 0.15) is 12.1 Å². The third-order valence-electron chi connectivity index (χ3n) is 10.9. The topological polar surface area (TPSA) is 223 Å². The molecule has 0 aliphatic carbocycles.